The predicted molar refractivity (Wildman–Crippen MR) is 51.0 cm³/mol. The highest BCUT2D eigenvalue weighted by Crippen LogP contribution is 2.18. The summed E-state index contributed by atoms with van der Waals surface area (Å²) in [5.74, 6) is 1.14. The molecule has 0 fully saturated rings. The molecule has 0 bridgehead atoms. The van der Waals surface area contributed by atoms with Crippen molar-refractivity contribution in [2.24, 2.45) is 0 Å². The number of likely N-dealkylation sites (N-methyl/N-ethyl adjacent to an activating group) is 1. The molecule has 0 aromatic carbocycles. The minimum atomic E-state index is 0.927. The highest BCUT2D eigenvalue weighted by molar-refractivity contribution is 5.27. The molecule has 0 aliphatic heterocycles. The van der Waals surface area contributed by atoms with E-state index in [0.29, 0.717) is 0 Å². The van der Waals surface area contributed by atoms with Gasteiger partial charge in [-0.05, 0) is 13.0 Å². The van der Waals surface area contributed by atoms with E-state index < -0.39 is 0 Å². The Morgan fingerprint density at radius 1 is 1.58 bits per heavy atom. The third kappa shape index (κ3) is 2.38. The maximum atomic E-state index is 5.29. The van der Waals surface area contributed by atoms with E-state index >= 15 is 0 Å². The molecule has 1 N–H and O–H groups in total. The number of allylic oxidation sites excluding steroid dienone is 2. The Labute approximate surface area is 74.3 Å². The lowest BCUT2D eigenvalue weighted by atomic mass is 10.1. The van der Waals surface area contributed by atoms with Crippen molar-refractivity contribution in [3.63, 3.8) is 0 Å². The van der Waals surface area contributed by atoms with Crippen molar-refractivity contribution in [1.29, 1.82) is 0 Å². The average Bonchev–Trinajstić information content (AvgIpc) is 2.15. The van der Waals surface area contributed by atoms with Gasteiger partial charge in [-0.15, -0.1) is 0 Å². The number of methoxy groups -OCH3 is 1. The molecular weight excluding hydrogens is 150 g/mol. The van der Waals surface area contributed by atoms with E-state index in [0.717, 1.165) is 31.7 Å². The topological polar surface area (TPSA) is 21.3 Å². The van der Waals surface area contributed by atoms with Gasteiger partial charge in [0.2, 0.25) is 0 Å². The van der Waals surface area contributed by atoms with Gasteiger partial charge < -0.3 is 10.1 Å². The molecule has 0 saturated heterocycles. The van der Waals surface area contributed by atoms with Crippen molar-refractivity contribution in [2.75, 3.05) is 20.2 Å². The SMILES string of the molecule is CCNCC1=C(OC)CCC=C1. The van der Waals surface area contributed by atoms with Crippen molar-refractivity contribution < 1.29 is 4.74 Å². The normalized spacial score (nSPS) is 16.8. The Kier molecular flexibility index (Phi) is 3.88. The van der Waals surface area contributed by atoms with Crippen LogP contribution in [0.5, 0.6) is 0 Å². The third-order valence-corrected chi connectivity index (χ3v) is 2.03. The summed E-state index contributed by atoms with van der Waals surface area (Å²) in [6.07, 6.45) is 6.52. The number of nitrogens with one attached hydrogen (secondary N) is 1. The van der Waals surface area contributed by atoms with Crippen molar-refractivity contribution in [2.45, 2.75) is 19.8 Å². The minimum absolute atomic E-state index is 0.927. The molecule has 0 amide bonds. The Balaban J connectivity index is 2.55. The second kappa shape index (κ2) is 4.99. The zero-order valence-electron chi connectivity index (χ0n) is 7.89. The molecule has 68 valence electrons. The Bertz CT molecular complexity index is 194. The summed E-state index contributed by atoms with van der Waals surface area (Å²) < 4.78 is 5.29. The van der Waals surface area contributed by atoms with Crippen LogP contribution in [0.25, 0.3) is 0 Å². The molecule has 1 aliphatic carbocycles. The second-order valence-corrected chi connectivity index (χ2v) is 2.87. The van der Waals surface area contributed by atoms with Crippen LogP contribution in [0.1, 0.15) is 19.8 Å². The molecule has 1 aliphatic rings. The summed E-state index contributed by atoms with van der Waals surface area (Å²) in [5.41, 5.74) is 1.30. The zero-order valence-corrected chi connectivity index (χ0v) is 7.89. The van der Waals surface area contributed by atoms with Crippen LogP contribution in [0.15, 0.2) is 23.5 Å². The van der Waals surface area contributed by atoms with Gasteiger partial charge in [0.1, 0.15) is 5.76 Å². The number of ether oxygens (including phenoxy) is 1. The molecule has 0 heterocycles. The van der Waals surface area contributed by atoms with Crippen LogP contribution in [-0.2, 0) is 4.74 Å². The fourth-order valence-corrected chi connectivity index (χ4v) is 1.34. The standard InChI is InChI=1S/C10H17NO/c1-3-11-8-9-6-4-5-7-10(9)12-2/h4,6,11H,3,5,7-8H2,1-2H3. The van der Waals surface area contributed by atoms with Crippen LogP contribution in [0.2, 0.25) is 0 Å². The third-order valence-electron chi connectivity index (χ3n) is 2.03. The van der Waals surface area contributed by atoms with E-state index in [2.05, 4.69) is 24.4 Å². The van der Waals surface area contributed by atoms with Crippen LogP contribution in [-0.4, -0.2) is 20.2 Å². The predicted octanol–water partition coefficient (Wildman–Crippen LogP) is 1.85. The fourth-order valence-electron chi connectivity index (χ4n) is 1.34. The molecule has 1 rings (SSSR count). The van der Waals surface area contributed by atoms with Crippen molar-refractivity contribution in [3.05, 3.63) is 23.5 Å². The summed E-state index contributed by atoms with van der Waals surface area (Å²) in [6, 6.07) is 0. The van der Waals surface area contributed by atoms with Gasteiger partial charge in [-0.25, -0.2) is 0 Å². The maximum Gasteiger partial charge on any atom is 0.100 e. The maximum absolute atomic E-state index is 5.29. The minimum Gasteiger partial charge on any atom is -0.501 e. The van der Waals surface area contributed by atoms with Crippen LogP contribution in [0, 0.1) is 0 Å². The quantitative estimate of drug-likeness (QED) is 0.690. The average molecular weight is 167 g/mol. The van der Waals surface area contributed by atoms with E-state index in [9.17, 15) is 0 Å². The van der Waals surface area contributed by atoms with Gasteiger partial charge in [0.25, 0.3) is 0 Å². The van der Waals surface area contributed by atoms with Crippen molar-refractivity contribution in [3.8, 4) is 0 Å². The van der Waals surface area contributed by atoms with Gasteiger partial charge in [-0.2, -0.15) is 0 Å². The molecule has 0 atom stereocenters. The first-order valence-corrected chi connectivity index (χ1v) is 4.51. The second-order valence-electron chi connectivity index (χ2n) is 2.87. The fraction of sp³-hybridized carbons (Fsp3) is 0.600. The van der Waals surface area contributed by atoms with E-state index in [1.807, 2.05) is 0 Å². The number of hydrogen-bond acceptors (Lipinski definition) is 2. The summed E-state index contributed by atoms with van der Waals surface area (Å²) in [7, 11) is 1.75. The van der Waals surface area contributed by atoms with Gasteiger partial charge in [-0.3, -0.25) is 0 Å². The molecule has 0 saturated carbocycles. The highest BCUT2D eigenvalue weighted by Gasteiger charge is 2.07. The van der Waals surface area contributed by atoms with E-state index in [1.165, 1.54) is 5.57 Å². The van der Waals surface area contributed by atoms with Gasteiger partial charge in [-0.1, -0.05) is 19.1 Å². The summed E-state index contributed by atoms with van der Waals surface area (Å²) >= 11 is 0. The van der Waals surface area contributed by atoms with Gasteiger partial charge >= 0.3 is 0 Å². The molecule has 0 aromatic heterocycles. The number of hydrogen-bond donors (Lipinski definition) is 1. The lowest BCUT2D eigenvalue weighted by Gasteiger charge is -2.14. The first-order valence-electron chi connectivity index (χ1n) is 4.51. The molecule has 12 heavy (non-hydrogen) atoms. The summed E-state index contributed by atoms with van der Waals surface area (Å²) in [6.45, 7) is 4.05. The molecule has 0 radical (unpaired) electrons. The molecular formula is C10H17NO. The van der Waals surface area contributed by atoms with E-state index in [4.69, 9.17) is 4.74 Å². The van der Waals surface area contributed by atoms with Crippen molar-refractivity contribution in [1.82, 2.24) is 5.32 Å². The van der Waals surface area contributed by atoms with Gasteiger partial charge in [0, 0.05) is 18.5 Å². The summed E-state index contributed by atoms with van der Waals surface area (Å²) in [5, 5.41) is 3.29. The Morgan fingerprint density at radius 3 is 3.08 bits per heavy atom. The molecule has 2 heteroatoms. The zero-order chi connectivity index (χ0) is 8.81. The smallest absolute Gasteiger partial charge is 0.100 e. The first-order chi connectivity index (χ1) is 5.88. The largest absolute Gasteiger partial charge is 0.501 e. The molecule has 0 unspecified atom stereocenters. The van der Waals surface area contributed by atoms with E-state index in [1.54, 1.807) is 7.11 Å². The lowest BCUT2D eigenvalue weighted by molar-refractivity contribution is 0.271. The van der Waals surface area contributed by atoms with Gasteiger partial charge in [0.05, 0.1) is 7.11 Å². The van der Waals surface area contributed by atoms with Crippen LogP contribution in [0.4, 0.5) is 0 Å². The summed E-state index contributed by atoms with van der Waals surface area (Å²) in [4.78, 5) is 0. The van der Waals surface area contributed by atoms with Crippen LogP contribution >= 0.6 is 0 Å². The van der Waals surface area contributed by atoms with Gasteiger partial charge in [0.15, 0.2) is 0 Å². The Morgan fingerprint density at radius 2 is 2.42 bits per heavy atom. The van der Waals surface area contributed by atoms with Crippen molar-refractivity contribution >= 4 is 0 Å². The molecule has 0 spiro atoms. The monoisotopic (exact) mass is 167 g/mol. The lowest BCUT2D eigenvalue weighted by Crippen LogP contribution is -2.17. The van der Waals surface area contributed by atoms with Crippen LogP contribution in [0.3, 0.4) is 0 Å². The molecule has 2 nitrogen and oxygen atoms in total. The van der Waals surface area contributed by atoms with Crippen LogP contribution < -0.4 is 5.32 Å². The molecule has 0 aromatic rings. The highest BCUT2D eigenvalue weighted by atomic mass is 16.5. The first kappa shape index (κ1) is 9.33. The Hall–Kier alpha value is -0.760. The number of rotatable bonds is 4. The van der Waals surface area contributed by atoms with E-state index in [-0.39, 0.29) is 0 Å².